The van der Waals surface area contributed by atoms with Gasteiger partial charge in [0.05, 0.1) is 12.7 Å². The lowest BCUT2D eigenvalue weighted by Crippen LogP contribution is -2.60. The van der Waals surface area contributed by atoms with Gasteiger partial charge in [-0.05, 0) is 60.4 Å². The third-order valence-corrected chi connectivity index (χ3v) is 6.65. The van der Waals surface area contributed by atoms with Crippen LogP contribution in [0.15, 0.2) is 24.3 Å². The molecule has 1 unspecified atom stereocenters. The van der Waals surface area contributed by atoms with E-state index in [-0.39, 0.29) is 11.9 Å². The molecule has 0 aliphatic carbocycles. The number of likely N-dealkylation sites (tertiary alicyclic amines) is 1. The molecule has 1 aromatic rings. The van der Waals surface area contributed by atoms with Crippen molar-refractivity contribution in [2.45, 2.75) is 57.3 Å². The molecule has 1 aromatic carbocycles. The molecule has 1 aliphatic rings. The number of carbonyl (C=O) groups excluding carboxylic acids is 2. The Morgan fingerprint density at radius 2 is 1.96 bits per heavy atom. The third kappa shape index (κ3) is 5.35. The van der Waals surface area contributed by atoms with Crippen molar-refractivity contribution in [1.82, 2.24) is 4.90 Å². The maximum Gasteiger partial charge on any atom is 0.331 e. The van der Waals surface area contributed by atoms with Crippen LogP contribution in [0.1, 0.15) is 42.5 Å². The Labute approximate surface area is 177 Å². The van der Waals surface area contributed by atoms with Crippen LogP contribution in [0.3, 0.4) is 0 Å². The first-order valence-corrected chi connectivity index (χ1v) is 13.9. The molecule has 2 rings (SSSR count). The normalized spacial score (nSPS) is 19.8. The van der Waals surface area contributed by atoms with Gasteiger partial charge in [-0.25, -0.2) is 4.79 Å². The summed E-state index contributed by atoms with van der Waals surface area (Å²) in [5.41, 5.74) is 3.07. The van der Waals surface area contributed by atoms with E-state index in [1.54, 1.807) is 4.90 Å². The molecule has 1 heterocycles. The predicted molar refractivity (Wildman–Crippen MR) is 119 cm³/mol. The van der Waals surface area contributed by atoms with Gasteiger partial charge in [0.2, 0.25) is 0 Å². The predicted octanol–water partition coefficient (Wildman–Crippen LogP) is 4.49. The molecule has 0 bridgehead atoms. The van der Waals surface area contributed by atoms with Crippen molar-refractivity contribution in [3.63, 3.8) is 0 Å². The second-order valence-electron chi connectivity index (χ2n) is 7.97. The van der Waals surface area contributed by atoms with Crippen LogP contribution in [0.5, 0.6) is 0 Å². The number of hydrogen-bond acceptors (Lipinski definition) is 3. The lowest BCUT2D eigenvalue weighted by atomic mass is 9.82. The van der Waals surface area contributed by atoms with E-state index in [1.165, 1.54) is 7.11 Å². The van der Waals surface area contributed by atoms with Crippen LogP contribution < -0.4 is 0 Å². The zero-order valence-electron chi connectivity index (χ0n) is 16.6. The highest BCUT2D eigenvalue weighted by atomic mass is 127. The van der Waals surface area contributed by atoms with Crippen LogP contribution in [-0.4, -0.2) is 44.0 Å². The average molecular weight is 497 g/mol. The molecule has 1 aliphatic heterocycles. The third-order valence-electron chi connectivity index (χ3n) is 4.78. The van der Waals surface area contributed by atoms with E-state index in [4.69, 9.17) is 4.74 Å². The molecule has 6 heteroatoms. The second-order valence-corrected chi connectivity index (χ2v) is 13.9. The van der Waals surface area contributed by atoms with Gasteiger partial charge in [0.15, 0.2) is 0 Å². The summed E-state index contributed by atoms with van der Waals surface area (Å²) in [6.07, 6.45) is 3.55. The number of ether oxygens (including phenoxy) is 1. The Hall–Kier alpha value is -1.33. The summed E-state index contributed by atoms with van der Waals surface area (Å²) in [5, 5.41) is 0. The highest BCUT2D eigenvalue weighted by Crippen LogP contribution is 2.35. The fourth-order valence-corrected chi connectivity index (χ4v) is 4.75. The van der Waals surface area contributed by atoms with Crippen molar-refractivity contribution >= 4 is 42.5 Å². The first-order valence-electron chi connectivity index (χ1n) is 9.36. The molecule has 0 N–H and O–H groups in total. The van der Waals surface area contributed by atoms with Crippen LogP contribution in [0.4, 0.5) is 0 Å². The standard InChI is InChI=1S/C21H28INO3Si/c1-26-20(25)21(14-8-10-16-27(2,3)4)13-7-9-15-23(21)19(24)17-11-5-6-12-18(17)22/h5-6,11-12H,7-9,13-15H2,1-4H3. The van der Waals surface area contributed by atoms with E-state index < -0.39 is 13.6 Å². The van der Waals surface area contributed by atoms with E-state index in [0.717, 1.165) is 16.4 Å². The molecular formula is C21H28INO3Si. The van der Waals surface area contributed by atoms with Gasteiger partial charge in [-0.2, -0.15) is 0 Å². The van der Waals surface area contributed by atoms with Gasteiger partial charge in [-0.15, -0.1) is 11.5 Å². The quantitative estimate of drug-likeness (QED) is 0.267. The van der Waals surface area contributed by atoms with Crippen LogP contribution in [-0.2, 0) is 9.53 Å². The van der Waals surface area contributed by atoms with Gasteiger partial charge < -0.3 is 9.64 Å². The number of halogens is 1. The van der Waals surface area contributed by atoms with Gasteiger partial charge >= 0.3 is 5.97 Å². The minimum atomic E-state index is -1.46. The molecule has 27 heavy (non-hydrogen) atoms. The zero-order valence-corrected chi connectivity index (χ0v) is 19.8. The highest BCUT2D eigenvalue weighted by molar-refractivity contribution is 14.1. The highest BCUT2D eigenvalue weighted by Gasteiger charge is 2.48. The Kier molecular flexibility index (Phi) is 7.52. The summed E-state index contributed by atoms with van der Waals surface area (Å²) in [6.45, 7) is 7.16. The number of carbonyl (C=O) groups is 2. The van der Waals surface area contributed by atoms with E-state index in [9.17, 15) is 9.59 Å². The molecule has 4 nitrogen and oxygen atoms in total. The van der Waals surface area contributed by atoms with E-state index in [1.807, 2.05) is 24.3 Å². The number of hydrogen-bond donors (Lipinski definition) is 0. The van der Waals surface area contributed by atoms with E-state index in [2.05, 4.69) is 53.7 Å². The molecule has 0 saturated carbocycles. The van der Waals surface area contributed by atoms with Crippen LogP contribution >= 0.6 is 22.6 Å². The van der Waals surface area contributed by atoms with Crippen molar-refractivity contribution in [3.8, 4) is 11.5 Å². The van der Waals surface area contributed by atoms with Crippen molar-refractivity contribution in [2.24, 2.45) is 0 Å². The molecule has 1 amide bonds. The summed E-state index contributed by atoms with van der Waals surface area (Å²) in [7, 11) is -0.0574. The first-order chi connectivity index (χ1) is 12.7. The number of rotatable bonds is 4. The summed E-state index contributed by atoms with van der Waals surface area (Å²) >= 11 is 2.17. The van der Waals surface area contributed by atoms with Crippen LogP contribution in [0, 0.1) is 15.0 Å². The molecule has 0 aromatic heterocycles. The molecule has 1 saturated heterocycles. The van der Waals surface area contributed by atoms with Gasteiger partial charge in [0, 0.05) is 16.5 Å². The lowest BCUT2D eigenvalue weighted by Gasteiger charge is -2.45. The maximum atomic E-state index is 13.3. The summed E-state index contributed by atoms with van der Waals surface area (Å²) < 4.78 is 6.05. The van der Waals surface area contributed by atoms with Crippen molar-refractivity contribution in [3.05, 3.63) is 33.4 Å². The smallest absolute Gasteiger partial charge is 0.331 e. The minimum absolute atomic E-state index is 0.0942. The van der Waals surface area contributed by atoms with Crippen LogP contribution in [0.25, 0.3) is 0 Å². The summed E-state index contributed by atoms with van der Waals surface area (Å²) in [5.74, 6) is 2.83. The first kappa shape index (κ1) is 22.0. The molecule has 146 valence electrons. The summed E-state index contributed by atoms with van der Waals surface area (Å²) in [6, 6.07) is 7.51. The number of esters is 1. The van der Waals surface area contributed by atoms with Gasteiger partial charge in [-0.3, -0.25) is 4.79 Å². The molecule has 1 fully saturated rings. The topological polar surface area (TPSA) is 46.6 Å². The van der Waals surface area contributed by atoms with E-state index >= 15 is 0 Å². The number of amides is 1. The maximum absolute atomic E-state index is 13.3. The Morgan fingerprint density at radius 3 is 2.59 bits per heavy atom. The van der Waals surface area contributed by atoms with E-state index in [0.29, 0.717) is 31.4 Å². The number of benzene rings is 1. The number of methoxy groups -OCH3 is 1. The average Bonchev–Trinajstić information content (AvgIpc) is 2.64. The van der Waals surface area contributed by atoms with Gasteiger partial charge in [-0.1, -0.05) is 31.8 Å². The lowest BCUT2D eigenvalue weighted by molar-refractivity contribution is -0.156. The second kappa shape index (κ2) is 9.24. The number of piperidine rings is 1. The SMILES string of the molecule is COC(=O)C1(CCC#C[Si](C)(C)C)CCCCN1C(=O)c1ccccc1I. The van der Waals surface area contributed by atoms with Crippen molar-refractivity contribution in [2.75, 3.05) is 13.7 Å². The number of nitrogens with zero attached hydrogens (tertiary/aromatic N) is 1. The molecule has 1 atom stereocenters. The largest absolute Gasteiger partial charge is 0.467 e. The van der Waals surface area contributed by atoms with Crippen molar-refractivity contribution in [1.29, 1.82) is 0 Å². The summed E-state index contributed by atoms with van der Waals surface area (Å²) in [4.78, 5) is 27.9. The Bertz CT molecular complexity index is 763. The van der Waals surface area contributed by atoms with Crippen molar-refractivity contribution < 1.29 is 14.3 Å². The monoisotopic (exact) mass is 497 g/mol. The van der Waals surface area contributed by atoms with Gasteiger partial charge in [0.25, 0.3) is 5.91 Å². The molecule has 0 spiro atoms. The Morgan fingerprint density at radius 1 is 1.26 bits per heavy atom. The fraction of sp³-hybridized carbons (Fsp3) is 0.524. The molecule has 0 radical (unpaired) electrons. The Balaban J connectivity index is 2.36. The molecular weight excluding hydrogens is 469 g/mol. The zero-order chi connectivity index (χ0) is 20.1. The van der Waals surface area contributed by atoms with Crippen LogP contribution in [0.2, 0.25) is 19.6 Å². The van der Waals surface area contributed by atoms with Gasteiger partial charge in [0.1, 0.15) is 13.6 Å². The fourth-order valence-electron chi connectivity index (χ4n) is 3.47. The minimum Gasteiger partial charge on any atom is -0.467 e.